The van der Waals surface area contributed by atoms with Gasteiger partial charge in [-0.15, -0.1) is 5.06 Å². The Labute approximate surface area is 102 Å². The van der Waals surface area contributed by atoms with Gasteiger partial charge in [-0.2, -0.15) is 5.26 Å². The van der Waals surface area contributed by atoms with E-state index in [0.717, 1.165) is 0 Å². The van der Waals surface area contributed by atoms with Crippen molar-refractivity contribution in [3.05, 3.63) is 35.4 Å². The highest BCUT2D eigenvalue weighted by Gasteiger charge is 2.33. The first-order chi connectivity index (χ1) is 8.61. The molecule has 1 saturated heterocycles. The molecule has 6 nitrogen and oxygen atoms in total. The number of imide groups is 1. The molecule has 0 aliphatic carbocycles. The molecule has 0 atom stereocenters. The van der Waals surface area contributed by atoms with Crippen LogP contribution in [0.4, 0.5) is 0 Å². The minimum absolute atomic E-state index is 0.0460. The van der Waals surface area contributed by atoms with Crippen LogP contribution in [0.25, 0.3) is 0 Å². The number of rotatable bonds is 2. The Morgan fingerprint density at radius 1 is 1.28 bits per heavy atom. The zero-order valence-electron chi connectivity index (χ0n) is 9.25. The van der Waals surface area contributed by atoms with Gasteiger partial charge in [-0.25, -0.2) is 4.79 Å². The van der Waals surface area contributed by atoms with Gasteiger partial charge in [0.15, 0.2) is 0 Å². The van der Waals surface area contributed by atoms with E-state index in [1.807, 2.05) is 6.07 Å². The van der Waals surface area contributed by atoms with Gasteiger partial charge < -0.3 is 4.84 Å². The molecular weight excluding hydrogens is 236 g/mol. The van der Waals surface area contributed by atoms with Crippen LogP contribution in [0.3, 0.4) is 0 Å². The predicted octanol–water partition coefficient (Wildman–Crippen LogP) is 0.779. The van der Waals surface area contributed by atoms with E-state index < -0.39 is 17.8 Å². The molecule has 1 aliphatic rings. The summed E-state index contributed by atoms with van der Waals surface area (Å²) in [5, 5.41) is 9.16. The molecule has 6 heteroatoms. The number of amides is 2. The molecule has 0 radical (unpaired) electrons. The topological polar surface area (TPSA) is 87.5 Å². The quantitative estimate of drug-likeness (QED) is 0.717. The molecule has 0 saturated carbocycles. The number of benzene rings is 1. The first-order valence-corrected chi connectivity index (χ1v) is 5.20. The van der Waals surface area contributed by atoms with Gasteiger partial charge in [0.1, 0.15) is 0 Å². The third-order valence-corrected chi connectivity index (χ3v) is 2.41. The van der Waals surface area contributed by atoms with E-state index in [4.69, 9.17) is 10.1 Å². The molecule has 0 bridgehead atoms. The molecule has 0 unspecified atom stereocenters. The van der Waals surface area contributed by atoms with Crippen molar-refractivity contribution in [1.82, 2.24) is 5.06 Å². The van der Waals surface area contributed by atoms with Crippen LogP contribution in [0.15, 0.2) is 24.3 Å². The van der Waals surface area contributed by atoms with E-state index >= 15 is 0 Å². The summed E-state index contributed by atoms with van der Waals surface area (Å²) in [6.45, 7) is 0. The van der Waals surface area contributed by atoms with E-state index in [1.54, 1.807) is 0 Å². The van der Waals surface area contributed by atoms with Crippen molar-refractivity contribution < 1.29 is 19.2 Å². The van der Waals surface area contributed by atoms with E-state index in [0.29, 0.717) is 10.6 Å². The zero-order valence-corrected chi connectivity index (χ0v) is 9.25. The minimum Gasteiger partial charge on any atom is -0.325 e. The molecule has 1 aromatic rings. The summed E-state index contributed by atoms with van der Waals surface area (Å²) >= 11 is 0. The summed E-state index contributed by atoms with van der Waals surface area (Å²) in [4.78, 5) is 38.9. The van der Waals surface area contributed by atoms with Crippen LogP contribution in [-0.4, -0.2) is 22.8 Å². The maximum atomic E-state index is 11.7. The average molecular weight is 244 g/mol. The van der Waals surface area contributed by atoms with E-state index in [1.165, 1.54) is 24.3 Å². The predicted molar refractivity (Wildman–Crippen MR) is 57.7 cm³/mol. The molecule has 1 heterocycles. The van der Waals surface area contributed by atoms with Gasteiger partial charge in [-0.1, -0.05) is 6.07 Å². The molecule has 0 N–H and O–H groups in total. The molecule has 1 fully saturated rings. The van der Waals surface area contributed by atoms with Crippen molar-refractivity contribution in [1.29, 1.82) is 5.26 Å². The first kappa shape index (κ1) is 11.8. The highest BCUT2D eigenvalue weighted by Crippen LogP contribution is 2.14. The van der Waals surface area contributed by atoms with Crippen LogP contribution in [0.5, 0.6) is 0 Å². The Morgan fingerprint density at radius 2 is 1.94 bits per heavy atom. The molecule has 0 spiro atoms. The molecule has 0 aromatic heterocycles. The fraction of sp³-hybridized carbons (Fsp3) is 0.167. The Morgan fingerprint density at radius 3 is 2.56 bits per heavy atom. The Hall–Kier alpha value is -2.68. The maximum Gasteiger partial charge on any atom is 0.363 e. The number of nitrogens with zero attached hydrogens (tertiary/aromatic N) is 2. The Balaban J connectivity index is 2.15. The number of hydrogen-bond donors (Lipinski definition) is 0. The third-order valence-electron chi connectivity index (χ3n) is 2.41. The number of carbonyl (C=O) groups excluding carboxylic acids is 3. The van der Waals surface area contributed by atoms with Gasteiger partial charge in [0.2, 0.25) is 0 Å². The lowest BCUT2D eigenvalue weighted by atomic mass is 10.1. The van der Waals surface area contributed by atoms with Gasteiger partial charge >= 0.3 is 5.97 Å². The molecule has 1 aliphatic heterocycles. The van der Waals surface area contributed by atoms with Crippen molar-refractivity contribution >= 4 is 17.8 Å². The summed E-state index contributed by atoms with van der Waals surface area (Å²) in [6.07, 6.45) is 0.0920. The van der Waals surface area contributed by atoms with Crippen molar-refractivity contribution in [2.75, 3.05) is 0 Å². The smallest absolute Gasteiger partial charge is 0.325 e. The fourth-order valence-corrected chi connectivity index (χ4v) is 1.51. The van der Waals surface area contributed by atoms with Crippen molar-refractivity contribution in [2.45, 2.75) is 12.8 Å². The lowest BCUT2D eigenvalue weighted by molar-refractivity contribution is -0.172. The maximum absolute atomic E-state index is 11.7. The molecule has 2 amide bonds. The summed E-state index contributed by atoms with van der Waals surface area (Å²) in [7, 11) is 0. The minimum atomic E-state index is -0.837. The summed E-state index contributed by atoms with van der Waals surface area (Å²) in [5.74, 6) is -1.91. The SMILES string of the molecule is N#Cc1cccc(C(=O)ON2C(=O)CCC2=O)c1. The fourth-order valence-electron chi connectivity index (χ4n) is 1.51. The van der Waals surface area contributed by atoms with Gasteiger partial charge in [-0.05, 0) is 18.2 Å². The van der Waals surface area contributed by atoms with Crippen molar-refractivity contribution in [2.24, 2.45) is 0 Å². The highest BCUT2D eigenvalue weighted by molar-refractivity contribution is 6.02. The average Bonchev–Trinajstić information content (AvgIpc) is 2.70. The van der Waals surface area contributed by atoms with Crippen molar-refractivity contribution in [3.63, 3.8) is 0 Å². The van der Waals surface area contributed by atoms with Crippen LogP contribution in [0, 0.1) is 11.3 Å². The number of nitriles is 1. The second-order valence-electron chi connectivity index (χ2n) is 3.65. The number of hydroxylamine groups is 2. The van der Waals surface area contributed by atoms with Crippen LogP contribution < -0.4 is 0 Å². The summed E-state index contributed by atoms with van der Waals surface area (Å²) < 4.78 is 0. The van der Waals surface area contributed by atoms with Crippen LogP contribution in [0.2, 0.25) is 0 Å². The monoisotopic (exact) mass is 244 g/mol. The second-order valence-corrected chi connectivity index (χ2v) is 3.65. The number of hydrogen-bond acceptors (Lipinski definition) is 5. The highest BCUT2D eigenvalue weighted by atomic mass is 16.7. The lowest BCUT2D eigenvalue weighted by Crippen LogP contribution is -2.32. The standard InChI is InChI=1S/C12H8N2O4/c13-7-8-2-1-3-9(6-8)12(17)18-14-10(15)4-5-11(14)16/h1-3,6H,4-5H2. The lowest BCUT2D eigenvalue weighted by Gasteiger charge is -2.12. The molecule has 2 rings (SSSR count). The zero-order chi connectivity index (χ0) is 13.1. The van der Waals surface area contributed by atoms with E-state index in [9.17, 15) is 14.4 Å². The third kappa shape index (κ3) is 2.20. The molecular formula is C12H8N2O4. The van der Waals surface area contributed by atoms with Gasteiger partial charge in [0.05, 0.1) is 17.2 Å². The van der Waals surface area contributed by atoms with Crippen LogP contribution >= 0.6 is 0 Å². The van der Waals surface area contributed by atoms with Crippen molar-refractivity contribution in [3.8, 4) is 6.07 Å². The van der Waals surface area contributed by atoms with Gasteiger partial charge in [-0.3, -0.25) is 9.59 Å². The largest absolute Gasteiger partial charge is 0.363 e. The molecule has 90 valence electrons. The van der Waals surface area contributed by atoms with Crippen LogP contribution in [0.1, 0.15) is 28.8 Å². The first-order valence-electron chi connectivity index (χ1n) is 5.20. The Kier molecular flexibility index (Phi) is 3.06. The summed E-state index contributed by atoms with van der Waals surface area (Å²) in [5.41, 5.74) is 0.407. The van der Waals surface area contributed by atoms with Gasteiger partial charge in [0.25, 0.3) is 11.8 Å². The Bertz CT molecular complexity index is 558. The molecule has 1 aromatic carbocycles. The van der Waals surface area contributed by atoms with Crippen LogP contribution in [-0.2, 0) is 14.4 Å². The van der Waals surface area contributed by atoms with Gasteiger partial charge in [0, 0.05) is 12.8 Å². The normalized spacial score (nSPS) is 14.5. The summed E-state index contributed by atoms with van der Waals surface area (Å²) in [6, 6.07) is 7.69. The second kappa shape index (κ2) is 4.67. The van der Waals surface area contributed by atoms with E-state index in [-0.39, 0.29) is 18.4 Å². The number of carbonyl (C=O) groups is 3. The molecule has 18 heavy (non-hydrogen) atoms. The van der Waals surface area contributed by atoms with E-state index in [2.05, 4.69) is 0 Å².